The van der Waals surface area contributed by atoms with Gasteiger partial charge in [-0.2, -0.15) is 5.10 Å². The first kappa shape index (κ1) is 14.1. The van der Waals surface area contributed by atoms with Crippen LogP contribution in [0.1, 0.15) is 34.2 Å². The van der Waals surface area contributed by atoms with Crippen molar-refractivity contribution in [2.75, 3.05) is 0 Å². The van der Waals surface area contributed by atoms with Gasteiger partial charge >= 0.3 is 0 Å². The number of rotatable bonds is 3. The topological polar surface area (TPSA) is 55.1 Å². The van der Waals surface area contributed by atoms with Crippen molar-refractivity contribution in [1.82, 2.24) is 9.78 Å². The lowest BCUT2D eigenvalue weighted by Gasteiger charge is -2.05. The standard InChI is InChI=1S/C16H18N2O2/c1-10(2)9-15-11(3)17-18(12(15)4)16(20)13-5-7-14(19)8-6-13/h5-8,19H,1,9H2,2-4H3. The number of phenolic OH excluding ortho intramolecular Hbond substituents is 1. The minimum atomic E-state index is -0.196. The predicted molar refractivity (Wildman–Crippen MR) is 78.1 cm³/mol. The smallest absolute Gasteiger partial charge is 0.278 e. The van der Waals surface area contributed by atoms with Crippen molar-refractivity contribution in [3.63, 3.8) is 0 Å². The number of aromatic nitrogens is 2. The average molecular weight is 270 g/mol. The predicted octanol–water partition coefficient (Wildman–Crippen LogP) is 3.01. The third kappa shape index (κ3) is 2.64. The number of allylic oxidation sites excluding steroid dienone is 1. The molecule has 0 aliphatic carbocycles. The SMILES string of the molecule is C=C(C)Cc1c(C)nn(C(=O)c2ccc(O)cc2)c1C. The van der Waals surface area contributed by atoms with Gasteiger partial charge in [-0.3, -0.25) is 4.79 Å². The van der Waals surface area contributed by atoms with E-state index in [1.807, 2.05) is 20.8 Å². The molecule has 0 radical (unpaired) electrons. The molecular weight excluding hydrogens is 252 g/mol. The summed E-state index contributed by atoms with van der Waals surface area (Å²) in [6.45, 7) is 9.64. The number of carbonyl (C=O) groups excluding carboxylic acids is 1. The summed E-state index contributed by atoms with van der Waals surface area (Å²) in [7, 11) is 0. The molecule has 0 saturated heterocycles. The van der Waals surface area contributed by atoms with Gasteiger partial charge in [0.1, 0.15) is 5.75 Å². The lowest BCUT2D eigenvalue weighted by Crippen LogP contribution is -2.15. The van der Waals surface area contributed by atoms with Gasteiger partial charge in [-0.15, -0.1) is 0 Å². The second-order valence-corrected chi connectivity index (χ2v) is 5.05. The van der Waals surface area contributed by atoms with Crippen LogP contribution < -0.4 is 0 Å². The summed E-state index contributed by atoms with van der Waals surface area (Å²) in [5.41, 5.74) is 4.26. The highest BCUT2D eigenvalue weighted by Crippen LogP contribution is 2.18. The molecule has 0 unspecified atom stereocenters. The number of carbonyl (C=O) groups is 1. The first-order valence-electron chi connectivity index (χ1n) is 6.43. The molecule has 0 bridgehead atoms. The van der Waals surface area contributed by atoms with Gasteiger partial charge in [-0.05, 0) is 51.5 Å². The van der Waals surface area contributed by atoms with Gasteiger partial charge in [-0.25, -0.2) is 4.68 Å². The van der Waals surface area contributed by atoms with Gasteiger partial charge in [0.05, 0.1) is 5.69 Å². The molecule has 0 atom stereocenters. The number of phenols is 1. The Labute approximate surface area is 118 Å². The van der Waals surface area contributed by atoms with Gasteiger partial charge in [0.15, 0.2) is 0 Å². The molecule has 0 spiro atoms. The van der Waals surface area contributed by atoms with E-state index in [1.165, 1.54) is 16.8 Å². The molecule has 1 aromatic heterocycles. The average Bonchev–Trinajstić information content (AvgIpc) is 2.66. The Morgan fingerprint density at radius 2 is 1.90 bits per heavy atom. The molecule has 104 valence electrons. The zero-order chi connectivity index (χ0) is 14.9. The number of nitrogens with zero attached hydrogens (tertiary/aromatic N) is 2. The molecular formula is C16H18N2O2. The highest BCUT2D eigenvalue weighted by molar-refractivity contribution is 5.96. The number of benzene rings is 1. The molecule has 1 aromatic carbocycles. The van der Waals surface area contributed by atoms with Crippen LogP contribution >= 0.6 is 0 Å². The Hall–Kier alpha value is -2.36. The molecule has 0 amide bonds. The third-order valence-electron chi connectivity index (χ3n) is 3.23. The van der Waals surface area contributed by atoms with Gasteiger partial charge in [-0.1, -0.05) is 12.2 Å². The van der Waals surface area contributed by atoms with Gasteiger partial charge < -0.3 is 5.11 Å². The van der Waals surface area contributed by atoms with Crippen LogP contribution in [0, 0.1) is 13.8 Å². The number of aromatic hydroxyl groups is 1. The normalized spacial score (nSPS) is 10.6. The Balaban J connectivity index is 2.40. The molecule has 0 aliphatic heterocycles. The van der Waals surface area contributed by atoms with Gasteiger partial charge in [0.2, 0.25) is 0 Å². The van der Waals surface area contributed by atoms with Crippen LogP contribution in [0.4, 0.5) is 0 Å². The largest absolute Gasteiger partial charge is 0.508 e. The van der Waals surface area contributed by atoms with Crippen LogP contribution in [-0.2, 0) is 6.42 Å². The first-order chi connectivity index (χ1) is 9.40. The van der Waals surface area contributed by atoms with Crippen LogP contribution in [0.3, 0.4) is 0 Å². The molecule has 1 N–H and O–H groups in total. The number of hydrogen-bond donors (Lipinski definition) is 1. The van der Waals surface area contributed by atoms with Crippen molar-refractivity contribution < 1.29 is 9.90 Å². The minimum absolute atomic E-state index is 0.137. The van der Waals surface area contributed by atoms with E-state index in [-0.39, 0.29) is 11.7 Å². The van der Waals surface area contributed by atoms with Crippen LogP contribution in [0.15, 0.2) is 36.4 Å². The lowest BCUT2D eigenvalue weighted by molar-refractivity contribution is 0.0942. The summed E-state index contributed by atoms with van der Waals surface area (Å²) in [4.78, 5) is 12.4. The third-order valence-corrected chi connectivity index (χ3v) is 3.23. The van der Waals surface area contributed by atoms with Crippen molar-refractivity contribution in [2.45, 2.75) is 27.2 Å². The van der Waals surface area contributed by atoms with Crippen molar-refractivity contribution in [2.24, 2.45) is 0 Å². The molecule has 0 aliphatic rings. The maximum atomic E-state index is 12.4. The lowest BCUT2D eigenvalue weighted by atomic mass is 10.1. The molecule has 4 nitrogen and oxygen atoms in total. The van der Waals surface area contributed by atoms with Gasteiger partial charge in [0, 0.05) is 16.8 Å². The summed E-state index contributed by atoms with van der Waals surface area (Å²) < 4.78 is 1.42. The Bertz CT molecular complexity index is 667. The fourth-order valence-corrected chi connectivity index (χ4v) is 2.16. The van der Waals surface area contributed by atoms with E-state index in [9.17, 15) is 9.90 Å². The second-order valence-electron chi connectivity index (χ2n) is 5.05. The molecule has 0 fully saturated rings. The van der Waals surface area contributed by atoms with Crippen molar-refractivity contribution in [3.8, 4) is 5.75 Å². The zero-order valence-electron chi connectivity index (χ0n) is 12.0. The first-order valence-corrected chi connectivity index (χ1v) is 6.43. The van der Waals surface area contributed by atoms with Crippen LogP contribution in [-0.4, -0.2) is 20.8 Å². The molecule has 2 rings (SSSR count). The van der Waals surface area contributed by atoms with E-state index < -0.39 is 0 Å². The van der Waals surface area contributed by atoms with Crippen LogP contribution in [0.25, 0.3) is 0 Å². The Morgan fingerprint density at radius 3 is 2.45 bits per heavy atom. The fraction of sp³-hybridized carbons (Fsp3) is 0.250. The van der Waals surface area contributed by atoms with Crippen LogP contribution in [0.5, 0.6) is 5.75 Å². The molecule has 1 heterocycles. The summed E-state index contributed by atoms with van der Waals surface area (Å²) >= 11 is 0. The molecule has 20 heavy (non-hydrogen) atoms. The van der Waals surface area contributed by atoms with E-state index in [1.54, 1.807) is 12.1 Å². The summed E-state index contributed by atoms with van der Waals surface area (Å²) in [6, 6.07) is 6.17. The van der Waals surface area contributed by atoms with Gasteiger partial charge in [0.25, 0.3) is 5.91 Å². The highest BCUT2D eigenvalue weighted by Gasteiger charge is 2.17. The maximum absolute atomic E-state index is 12.4. The molecule has 0 saturated carbocycles. The van der Waals surface area contributed by atoms with Crippen molar-refractivity contribution >= 4 is 5.91 Å². The van der Waals surface area contributed by atoms with E-state index in [0.29, 0.717) is 5.56 Å². The highest BCUT2D eigenvalue weighted by atomic mass is 16.3. The van der Waals surface area contributed by atoms with E-state index in [0.717, 1.165) is 28.9 Å². The summed E-state index contributed by atoms with van der Waals surface area (Å²) in [5, 5.41) is 13.6. The van der Waals surface area contributed by atoms with Crippen molar-refractivity contribution in [3.05, 3.63) is 58.9 Å². The molecule has 2 aromatic rings. The monoisotopic (exact) mass is 270 g/mol. The fourth-order valence-electron chi connectivity index (χ4n) is 2.16. The minimum Gasteiger partial charge on any atom is -0.508 e. The molecule has 4 heteroatoms. The number of aryl methyl sites for hydroxylation is 1. The van der Waals surface area contributed by atoms with E-state index in [4.69, 9.17) is 0 Å². The van der Waals surface area contributed by atoms with E-state index >= 15 is 0 Å². The van der Waals surface area contributed by atoms with E-state index in [2.05, 4.69) is 11.7 Å². The number of hydrogen-bond acceptors (Lipinski definition) is 3. The van der Waals surface area contributed by atoms with Crippen LogP contribution in [0.2, 0.25) is 0 Å². The maximum Gasteiger partial charge on any atom is 0.278 e. The second kappa shape index (κ2) is 5.33. The van der Waals surface area contributed by atoms with Crippen molar-refractivity contribution in [1.29, 1.82) is 0 Å². The summed E-state index contributed by atoms with van der Waals surface area (Å²) in [5.74, 6) is -0.0588. The summed E-state index contributed by atoms with van der Waals surface area (Å²) in [6.07, 6.45) is 0.723. The Morgan fingerprint density at radius 1 is 1.30 bits per heavy atom. The zero-order valence-corrected chi connectivity index (χ0v) is 12.0. The quantitative estimate of drug-likeness (QED) is 0.872. The Kier molecular flexibility index (Phi) is 3.74.